The van der Waals surface area contributed by atoms with Gasteiger partial charge in [0.2, 0.25) is 0 Å². The minimum absolute atomic E-state index is 0.587. The number of carboxylic acids is 1. The van der Waals surface area contributed by atoms with Crippen molar-refractivity contribution in [1.29, 1.82) is 0 Å². The van der Waals surface area contributed by atoms with E-state index in [1.807, 2.05) is 27.9 Å². The van der Waals surface area contributed by atoms with E-state index < -0.39 is 5.97 Å². The first kappa shape index (κ1) is 13.6. The Morgan fingerprint density at radius 1 is 1.68 bits per heavy atom. The summed E-state index contributed by atoms with van der Waals surface area (Å²) in [6.07, 6.45) is 4.56. The number of likely N-dealkylation sites (N-methyl/N-ethyl adjacent to an activating group) is 1. The Bertz CT molecular complexity index is 602. The van der Waals surface area contributed by atoms with E-state index in [0.29, 0.717) is 13.2 Å². The highest BCUT2D eigenvalue weighted by atomic mass is 32.1. The van der Waals surface area contributed by atoms with E-state index in [2.05, 4.69) is 4.98 Å². The molecule has 0 radical (unpaired) electrons. The molecule has 0 atom stereocenters. The third-order valence-electron chi connectivity index (χ3n) is 2.66. The van der Waals surface area contributed by atoms with Crippen LogP contribution in [0.2, 0.25) is 0 Å². The van der Waals surface area contributed by atoms with Crippen molar-refractivity contribution in [2.45, 2.75) is 0 Å². The number of carboxylic acid groups (broad SMARTS) is 1. The smallest absolute Gasteiger partial charge is 0.328 e. The topological polar surface area (TPSA) is 67.1 Å². The van der Waals surface area contributed by atoms with Crippen LogP contribution in [0.4, 0.5) is 5.82 Å². The number of rotatable bonds is 6. The minimum Gasteiger partial charge on any atom is -0.478 e. The monoisotopic (exact) mass is 281 g/mol. The number of imidazole rings is 1. The zero-order valence-electron chi connectivity index (χ0n) is 10.7. The largest absolute Gasteiger partial charge is 0.478 e. The molecule has 1 N–H and O–H groups in total. The Kier molecular flexibility index (Phi) is 4.18. The van der Waals surface area contributed by atoms with Gasteiger partial charge in [-0.3, -0.25) is 4.40 Å². The lowest BCUT2D eigenvalue weighted by Crippen LogP contribution is -2.23. The van der Waals surface area contributed by atoms with Crippen LogP contribution in [0.25, 0.3) is 11.0 Å². The van der Waals surface area contributed by atoms with E-state index in [0.717, 1.165) is 22.5 Å². The Balaban J connectivity index is 2.38. The number of ether oxygens (including phenoxy) is 1. The van der Waals surface area contributed by atoms with Crippen LogP contribution in [-0.2, 0) is 9.53 Å². The third kappa shape index (κ3) is 2.94. The Morgan fingerprint density at radius 2 is 2.47 bits per heavy atom. The summed E-state index contributed by atoms with van der Waals surface area (Å²) in [7, 11) is 3.55. The van der Waals surface area contributed by atoms with Crippen LogP contribution in [0.15, 0.2) is 17.7 Å². The number of aliphatic carboxylic acids is 1. The van der Waals surface area contributed by atoms with E-state index in [1.54, 1.807) is 13.2 Å². The molecule has 0 aliphatic heterocycles. The number of anilines is 1. The fourth-order valence-electron chi connectivity index (χ4n) is 1.71. The maximum Gasteiger partial charge on any atom is 0.328 e. The van der Waals surface area contributed by atoms with E-state index in [9.17, 15) is 4.79 Å². The summed E-state index contributed by atoms with van der Waals surface area (Å²) < 4.78 is 6.92. The molecule has 2 rings (SSSR count). The number of thiazole rings is 1. The highest BCUT2D eigenvalue weighted by Gasteiger charge is 2.14. The molecule has 0 fully saturated rings. The molecule has 2 aromatic rings. The van der Waals surface area contributed by atoms with Crippen molar-refractivity contribution in [2.75, 3.05) is 32.2 Å². The van der Waals surface area contributed by atoms with Gasteiger partial charge < -0.3 is 14.7 Å². The molecule has 2 aromatic heterocycles. The molecule has 0 aliphatic rings. The first-order valence-electron chi connectivity index (χ1n) is 5.70. The molecule has 0 amide bonds. The highest BCUT2D eigenvalue weighted by Crippen LogP contribution is 2.25. The zero-order chi connectivity index (χ0) is 13.8. The van der Waals surface area contributed by atoms with Gasteiger partial charge in [-0.25, -0.2) is 9.78 Å². The molecular weight excluding hydrogens is 266 g/mol. The van der Waals surface area contributed by atoms with Crippen LogP contribution in [0.1, 0.15) is 5.69 Å². The lowest BCUT2D eigenvalue weighted by Gasteiger charge is -2.16. The number of carbonyl (C=O) groups is 1. The third-order valence-corrected chi connectivity index (χ3v) is 3.41. The Labute approximate surface area is 114 Å². The number of fused-ring (bicyclic) bond motifs is 1. The summed E-state index contributed by atoms with van der Waals surface area (Å²) in [6.45, 7) is 1.28. The van der Waals surface area contributed by atoms with Gasteiger partial charge in [0.1, 0.15) is 0 Å². The van der Waals surface area contributed by atoms with E-state index in [1.165, 1.54) is 11.3 Å². The molecule has 0 bridgehead atoms. The molecule has 6 nitrogen and oxygen atoms in total. The van der Waals surface area contributed by atoms with Crippen LogP contribution >= 0.6 is 11.3 Å². The molecule has 0 unspecified atom stereocenters. The molecule has 19 heavy (non-hydrogen) atoms. The maximum atomic E-state index is 10.7. The fraction of sp³-hybridized carbons (Fsp3) is 0.333. The van der Waals surface area contributed by atoms with Gasteiger partial charge in [0, 0.05) is 38.4 Å². The van der Waals surface area contributed by atoms with Gasteiger partial charge >= 0.3 is 5.97 Å². The molecule has 7 heteroatoms. The SMILES string of the molecule is COCCN(C)c1nc2sccn2c1/C=C/C(=O)O. The molecule has 0 saturated carbocycles. The quantitative estimate of drug-likeness (QED) is 0.814. The predicted octanol–water partition coefficient (Wildman–Crippen LogP) is 1.58. The van der Waals surface area contributed by atoms with Crippen LogP contribution in [0.5, 0.6) is 0 Å². The second kappa shape index (κ2) is 5.85. The lowest BCUT2D eigenvalue weighted by atomic mass is 10.3. The standard InChI is InChI=1S/C12H15N3O3S/c1-14(5-7-18-2)11-9(3-4-10(16)17)15-6-8-19-12(15)13-11/h3-4,6,8H,5,7H2,1-2H3,(H,16,17)/b4-3+. The molecule has 0 spiro atoms. The summed E-state index contributed by atoms with van der Waals surface area (Å²) in [5, 5.41) is 10.7. The average Bonchev–Trinajstić information content (AvgIpc) is 2.93. The van der Waals surface area contributed by atoms with E-state index >= 15 is 0 Å². The van der Waals surface area contributed by atoms with Gasteiger partial charge in [0.05, 0.1) is 12.3 Å². The summed E-state index contributed by atoms with van der Waals surface area (Å²) in [6, 6.07) is 0. The van der Waals surface area contributed by atoms with Gasteiger partial charge in [-0.15, -0.1) is 11.3 Å². The number of hydrogen-bond acceptors (Lipinski definition) is 5. The zero-order valence-corrected chi connectivity index (χ0v) is 11.6. The second-order valence-electron chi connectivity index (χ2n) is 3.96. The van der Waals surface area contributed by atoms with Crippen molar-refractivity contribution in [3.63, 3.8) is 0 Å². The van der Waals surface area contributed by atoms with Crippen LogP contribution in [-0.4, -0.2) is 47.8 Å². The molecule has 102 valence electrons. The Morgan fingerprint density at radius 3 is 3.16 bits per heavy atom. The van der Waals surface area contributed by atoms with Crippen molar-refractivity contribution in [3.8, 4) is 0 Å². The molecule has 0 aliphatic carbocycles. The van der Waals surface area contributed by atoms with Crippen LogP contribution in [0, 0.1) is 0 Å². The van der Waals surface area contributed by atoms with Crippen LogP contribution in [0.3, 0.4) is 0 Å². The van der Waals surface area contributed by atoms with Crippen molar-refractivity contribution in [1.82, 2.24) is 9.38 Å². The van der Waals surface area contributed by atoms with Gasteiger partial charge in [0.25, 0.3) is 0 Å². The number of nitrogens with zero attached hydrogens (tertiary/aromatic N) is 3. The summed E-state index contributed by atoms with van der Waals surface area (Å²) in [5.74, 6) is -0.225. The lowest BCUT2D eigenvalue weighted by molar-refractivity contribution is -0.131. The predicted molar refractivity (Wildman–Crippen MR) is 74.9 cm³/mol. The summed E-state index contributed by atoms with van der Waals surface area (Å²) in [4.78, 5) is 18.0. The molecule has 2 heterocycles. The van der Waals surface area contributed by atoms with Crippen molar-refractivity contribution in [2.24, 2.45) is 0 Å². The number of aromatic nitrogens is 2. The first-order valence-corrected chi connectivity index (χ1v) is 6.58. The van der Waals surface area contributed by atoms with Crippen molar-refractivity contribution in [3.05, 3.63) is 23.3 Å². The fourth-order valence-corrected chi connectivity index (χ4v) is 2.43. The van der Waals surface area contributed by atoms with Gasteiger partial charge in [-0.05, 0) is 6.08 Å². The van der Waals surface area contributed by atoms with E-state index in [4.69, 9.17) is 9.84 Å². The summed E-state index contributed by atoms with van der Waals surface area (Å²) >= 11 is 1.51. The highest BCUT2D eigenvalue weighted by molar-refractivity contribution is 7.15. The van der Waals surface area contributed by atoms with Gasteiger partial charge in [-0.2, -0.15) is 0 Å². The van der Waals surface area contributed by atoms with Crippen molar-refractivity contribution < 1.29 is 14.6 Å². The first-order chi connectivity index (χ1) is 9.13. The number of hydrogen-bond donors (Lipinski definition) is 1. The maximum absolute atomic E-state index is 10.7. The number of methoxy groups -OCH3 is 1. The van der Waals surface area contributed by atoms with E-state index in [-0.39, 0.29) is 0 Å². The average molecular weight is 281 g/mol. The summed E-state index contributed by atoms with van der Waals surface area (Å²) in [5.41, 5.74) is 0.761. The minimum atomic E-state index is -0.976. The Hall–Kier alpha value is -1.86. The molecule has 0 saturated heterocycles. The van der Waals surface area contributed by atoms with Crippen LogP contribution < -0.4 is 4.90 Å². The molecule has 0 aromatic carbocycles. The van der Waals surface area contributed by atoms with Gasteiger partial charge in [-0.1, -0.05) is 0 Å². The second-order valence-corrected chi connectivity index (χ2v) is 4.84. The molecular formula is C12H15N3O3S. The normalized spacial score (nSPS) is 11.5. The van der Waals surface area contributed by atoms with Crippen molar-refractivity contribution >= 4 is 34.2 Å². The van der Waals surface area contributed by atoms with Gasteiger partial charge in [0.15, 0.2) is 10.8 Å².